The highest BCUT2D eigenvalue weighted by atomic mass is 32.2. The number of anilines is 1. The highest BCUT2D eigenvalue weighted by Gasteiger charge is 2.22. The maximum Gasteiger partial charge on any atom is 0.338 e. The number of carbonyl (C=O) groups is 2. The van der Waals surface area contributed by atoms with E-state index < -0.39 is 28.0 Å². The van der Waals surface area contributed by atoms with Gasteiger partial charge in [-0.2, -0.15) is 4.72 Å². The minimum absolute atomic E-state index is 0.0112. The van der Waals surface area contributed by atoms with Gasteiger partial charge in [0.15, 0.2) is 6.10 Å². The van der Waals surface area contributed by atoms with E-state index in [9.17, 15) is 18.0 Å². The predicted molar refractivity (Wildman–Crippen MR) is 126 cm³/mol. The third kappa shape index (κ3) is 6.07. The lowest BCUT2D eigenvalue weighted by Gasteiger charge is -2.16. The van der Waals surface area contributed by atoms with Gasteiger partial charge < -0.3 is 10.1 Å². The Morgan fingerprint density at radius 1 is 1.00 bits per heavy atom. The number of terminal acetylenes is 1. The molecule has 0 spiro atoms. The quantitative estimate of drug-likeness (QED) is 0.394. The smallest absolute Gasteiger partial charge is 0.338 e. The molecule has 7 nitrogen and oxygen atoms in total. The second-order valence-corrected chi connectivity index (χ2v) is 8.77. The van der Waals surface area contributed by atoms with Gasteiger partial charge in [0.1, 0.15) is 0 Å². The SMILES string of the molecule is C#CCNS(=O)(=O)c1cccc(C(=O)OC(C)C(=O)Nc2ccccc2-c2ccccc2)c1. The molecule has 3 aromatic rings. The molecule has 0 saturated carbocycles. The largest absolute Gasteiger partial charge is 0.449 e. The maximum absolute atomic E-state index is 12.7. The molecule has 0 bridgehead atoms. The molecule has 3 aromatic carbocycles. The minimum atomic E-state index is -3.87. The number of sulfonamides is 1. The Hall–Kier alpha value is -3.93. The monoisotopic (exact) mass is 462 g/mol. The number of benzene rings is 3. The maximum atomic E-state index is 12.7. The van der Waals surface area contributed by atoms with Gasteiger partial charge >= 0.3 is 5.97 Å². The van der Waals surface area contributed by atoms with Crippen LogP contribution in [0.25, 0.3) is 11.1 Å². The topological polar surface area (TPSA) is 102 Å². The molecule has 0 saturated heterocycles. The summed E-state index contributed by atoms with van der Waals surface area (Å²) in [7, 11) is -3.87. The van der Waals surface area contributed by atoms with Crippen molar-refractivity contribution in [1.82, 2.24) is 4.72 Å². The lowest BCUT2D eigenvalue weighted by molar-refractivity contribution is -0.123. The number of esters is 1. The van der Waals surface area contributed by atoms with Gasteiger partial charge in [-0.15, -0.1) is 6.42 Å². The van der Waals surface area contributed by atoms with Crippen LogP contribution in [-0.4, -0.2) is 32.9 Å². The van der Waals surface area contributed by atoms with Gasteiger partial charge in [0.2, 0.25) is 10.0 Å². The van der Waals surface area contributed by atoms with Crippen molar-refractivity contribution >= 4 is 27.6 Å². The van der Waals surface area contributed by atoms with Crippen molar-refractivity contribution in [3.05, 3.63) is 84.4 Å². The Bertz CT molecular complexity index is 1300. The van der Waals surface area contributed by atoms with Crippen LogP contribution in [0.3, 0.4) is 0 Å². The van der Waals surface area contributed by atoms with Crippen LogP contribution in [-0.2, 0) is 19.6 Å². The Morgan fingerprint density at radius 3 is 2.42 bits per heavy atom. The Morgan fingerprint density at radius 2 is 1.70 bits per heavy atom. The molecule has 0 aromatic heterocycles. The van der Waals surface area contributed by atoms with Crippen molar-refractivity contribution in [3.63, 3.8) is 0 Å². The average Bonchev–Trinajstić information content (AvgIpc) is 2.83. The Kier molecular flexibility index (Phi) is 7.61. The minimum Gasteiger partial charge on any atom is -0.449 e. The normalized spacial score (nSPS) is 11.8. The van der Waals surface area contributed by atoms with E-state index >= 15 is 0 Å². The molecule has 2 N–H and O–H groups in total. The highest BCUT2D eigenvalue weighted by molar-refractivity contribution is 7.89. The number of hydrogen-bond donors (Lipinski definition) is 2. The molecule has 0 aliphatic carbocycles. The molecule has 0 aliphatic rings. The van der Waals surface area contributed by atoms with E-state index in [0.29, 0.717) is 5.69 Å². The van der Waals surface area contributed by atoms with Gasteiger partial charge in [0.25, 0.3) is 5.91 Å². The van der Waals surface area contributed by atoms with Gasteiger partial charge in [-0.25, -0.2) is 13.2 Å². The first kappa shape index (κ1) is 23.7. The fraction of sp³-hybridized carbons (Fsp3) is 0.120. The van der Waals surface area contributed by atoms with Crippen LogP contribution in [0, 0.1) is 12.3 Å². The molecule has 1 unspecified atom stereocenters. The predicted octanol–water partition coefficient (Wildman–Crippen LogP) is 3.45. The first-order chi connectivity index (χ1) is 15.8. The van der Waals surface area contributed by atoms with Crippen molar-refractivity contribution in [3.8, 4) is 23.5 Å². The average molecular weight is 463 g/mol. The fourth-order valence-electron chi connectivity index (χ4n) is 2.99. The second-order valence-electron chi connectivity index (χ2n) is 7.00. The number of amides is 1. The molecular formula is C25H22N2O5S. The summed E-state index contributed by atoms with van der Waals surface area (Å²) >= 11 is 0. The molecule has 0 fully saturated rings. The molecule has 0 heterocycles. The summed E-state index contributed by atoms with van der Waals surface area (Å²) in [5, 5.41) is 2.78. The molecule has 33 heavy (non-hydrogen) atoms. The number of rotatable bonds is 8. The van der Waals surface area contributed by atoms with E-state index in [4.69, 9.17) is 11.2 Å². The molecule has 0 aliphatic heterocycles. The number of ether oxygens (including phenoxy) is 1. The molecule has 8 heteroatoms. The fourth-order valence-corrected chi connectivity index (χ4v) is 3.97. The summed E-state index contributed by atoms with van der Waals surface area (Å²) in [4.78, 5) is 25.1. The Labute approximate surface area is 192 Å². The van der Waals surface area contributed by atoms with Crippen LogP contribution in [0.5, 0.6) is 0 Å². The van der Waals surface area contributed by atoms with Crippen LogP contribution in [0.1, 0.15) is 17.3 Å². The molecule has 1 amide bonds. The zero-order chi connectivity index (χ0) is 23.8. The molecule has 168 valence electrons. The van der Waals surface area contributed by atoms with Crippen LogP contribution in [0.15, 0.2) is 83.8 Å². The number of nitrogens with one attached hydrogen (secondary N) is 2. The van der Waals surface area contributed by atoms with Crippen molar-refractivity contribution in [2.45, 2.75) is 17.9 Å². The van der Waals surface area contributed by atoms with E-state index in [0.717, 1.165) is 17.2 Å². The summed E-state index contributed by atoms with van der Waals surface area (Å²) in [6.45, 7) is 1.26. The summed E-state index contributed by atoms with van der Waals surface area (Å²) in [5.41, 5.74) is 2.31. The van der Waals surface area contributed by atoms with E-state index in [1.54, 1.807) is 12.1 Å². The summed E-state index contributed by atoms with van der Waals surface area (Å²) in [5.74, 6) is 0.825. The Balaban J connectivity index is 1.71. The van der Waals surface area contributed by atoms with E-state index in [1.807, 2.05) is 42.5 Å². The lowest BCUT2D eigenvalue weighted by Crippen LogP contribution is -2.30. The third-order valence-electron chi connectivity index (χ3n) is 4.67. The van der Waals surface area contributed by atoms with Crippen molar-refractivity contribution < 1.29 is 22.7 Å². The number of para-hydroxylation sites is 1. The van der Waals surface area contributed by atoms with Crippen molar-refractivity contribution in [1.29, 1.82) is 0 Å². The van der Waals surface area contributed by atoms with Crippen LogP contribution < -0.4 is 10.0 Å². The molecular weight excluding hydrogens is 440 g/mol. The zero-order valence-corrected chi connectivity index (χ0v) is 18.6. The van der Waals surface area contributed by atoms with E-state index in [1.165, 1.54) is 25.1 Å². The second kappa shape index (κ2) is 10.6. The standard InChI is InChI=1S/C25H22N2O5S/c1-3-16-26-33(30,31)21-13-9-12-20(17-21)25(29)32-18(2)24(28)27-23-15-8-7-14-22(23)19-10-5-4-6-11-19/h1,4-15,17-18,26H,16H2,2H3,(H,27,28). The summed E-state index contributed by atoms with van der Waals surface area (Å²) in [6.07, 6.45) is 3.96. The van der Waals surface area contributed by atoms with Crippen LogP contribution >= 0.6 is 0 Å². The number of hydrogen-bond acceptors (Lipinski definition) is 5. The van der Waals surface area contributed by atoms with E-state index in [-0.39, 0.29) is 17.0 Å². The van der Waals surface area contributed by atoms with Crippen molar-refractivity contribution in [2.24, 2.45) is 0 Å². The van der Waals surface area contributed by atoms with Crippen LogP contribution in [0.2, 0.25) is 0 Å². The molecule has 0 radical (unpaired) electrons. The van der Waals surface area contributed by atoms with Gasteiger partial charge in [-0.1, -0.05) is 60.5 Å². The zero-order valence-electron chi connectivity index (χ0n) is 17.8. The van der Waals surface area contributed by atoms with Gasteiger partial charge in [-0.05, 0) is 36.8 Å². The third-order valence-corrected chi connectivity index (χ3v) is 6.07. The van der Waals surface area contributed by atoms with Gasteiger partial charge in [0.05, 0.1) is 17.0 Å². The van der Waals surface area contributed by atoms with E-state index in [2.05, 4.69) is 16.0 Å². The molecule has 1 atom stereocenters. The number of carbonyl (C=O) groups excluding carboxylic acids is 2. The highest BCUT2D eigenvalue weighted by Crippen LogP contribution is 2.27. The lowest BCUT2D eigenvalue weighted by atomic mass is 10.0. The first-order valence-electron chi connectivity index (χ1n) is 10.0. The molecule has 3 rings (SSSR count). The summed E-state index contributed by atoms with van der Waals surface area (Å²) in [6, 6.07) is 22.1. The summed E-state index contributed by atoms with van der Waals surface area (Å²) < 4.78 is 31.9. The van der Waals surface area contributed by atoms with Gasteiger partial charge in [-0.3, -0.25) is 4.79 Å². The van der Waals surface area contributed by atoms with Crippen molar-refractivity contribution in [2.75, 3.05) is 11.9 Å². The first-order valence-corrected chi connectivity index (χ1v) is 11.5. The van der Waals surface area contributed by atoms with Crippen LogP contribution in [0.4, 0.5) is 5.69 Å². The van der Waals surface area contributed by atoms with Gasteiger partial charge in [0, 0.05) is 11.3 Å².